The van der Waals surface area contributed by atoms with Crippen LogP contribution < -0.4 is 5.32 Å². The predicted octanol–water partition coefficient (Wildman–Crippen LogP) is 1.59. The van der Waals surface area contributed by atoms with Gasteiger partial charge in [0, 0.05) is 37.3 Å². The molecule has 0 aliphatic heterocycles. The van der Waals surface area contributed by atoms with Crippen molar-refractivity contribution in [3.8, 4) is 11.4 Å². The van der Waals surface area contributed by atoms with Gasteiger partial charge in [-0.25, -0.2) is 0 Å². The fourth-order valence-corrected chi connectivity index (χ4v) is 1.77. The highest BCUT2D eigenvalue weighted by Crippen LogP contribution is 2.15. The van der Waals surface area contributed by atoms with Crippen LogP contribution in [-0.4, -0.2) is 38.3 Å². The molecule has 0 radical (unpaired) electrons. The highest BCUT2D eigenvalue weighted by Gasteiger charge is 2.25. The fourth-order valence-electron chi connectivity index (χ4n) is 1.77. The van der Waals surface area contributed by atoms with E-state index in [9.17, 15) is 9.90 Å². The highest BCUT2D eigenvalue weighted by molar-refractivity contribution is 5.76. The molecule has 2 rings (SSSR count). The molecule has 1 atom stereocenters. The standard InChI is InChI=1S/C16H22N4O3/c1-11(2)16(3,22)10-18-13(21)4-5-14-19-15(20-23-14)12-6-8-17-9-7-12/h6-9,11,22H,4-5,10H2,1-3H3,(H,18,21). The number of nitrogens with one attached hydrogen (secondary N) is 1. The molecule has 0 saturated carbocycles. The number of nitrogens with zero attached hydrogens (tertiary/aromatic N) is 3. The van der Waals surface area contributed by atoms with Gasteiger partial charge in [0.25, 0.3) is 0 Å². The first kappa shape index (κ1) is 17.1. The lowest BCUT2D eigenvalue weighted by molar-refractivity contribution is -0.122. The van der Waals surface area contributed by atoms with E-state index in [1.165, 1.54) is 0 Å². The molecule has 0 aliphatic rings. The van der Waals surface area contributed by atoms with Gasteiger partial charge in [0.2, 0.25) is 17.6 Å². The third kappa shape index (κ3) is 4.85. The van der Waals surface area contributed by atoms with Gasteiger partial charge in [-0.1, -0.05) is 19.0 Å². The Morgan fingerprint density at radius 3 is 2.74 bits per heavy atom. The van der Waals surface area contributed by atoms with Crippen LogP contribution in [-0.2, 0) is 11.2 Å². The molecule has 2 aromatic rings. The molecule has 23 heavy (non-hydrogen) atoms. The van der Waals surface area contributed by atoms with Gasteiger partial charge >= 0.3 is 0 Å². The number of hydrogen-bond donors (Lipinski definition) is 2. The molecule has 0 bridgehead atoms. The lowest BCUT2D eigenvalue weighted by Gasteiger charge is -2.27. The number of rotatable bonds is 7. The Morgan fingerprint density at radius 2 is 2.09 bits per heavy atom. The average Bonchev–Trinajstić information content (AvgIpc) is 3.01. The number of aliphatic hydroxyl groups is 1. The monoisotopic (exact) mass is 318 g/mol. The van der Waals surface area contributed by atoms with Crippen molar-refractivity contribution < 1.29 is 14.4 Å². The molecule has 0 aliphatic carbocycles. The Morgan fingerprint density at radius 1 is 1.39 bits per heavy atom. The van der Waals surface area contributed by atoms with Gasteiger partial charge in [0.05, 0.1) is 5.60 Å². The number of carbonyl (C=O) groups is 1. The second-order valence-electron chi connectivity index (χ2n) is 6.04. The SMILES string of the molecule is CC(C)C(C)(O)CNC(=O)CCc1nc(-c2ccncc2)no1. The van der Waals surface area contributed by atoms with E-state index >= 15 is 0 Å². The molecule has 124 valence electrons. The lowest BCUT2D eigenvalue weighted by Crippen LogP contribution is -2.44. The summed E-state index contributed by atoms with van der Waals surface area (Å²) in [4.78, 5) is 20.0. The van der Waals surface area contributed by atoms with E-state index in [1.807, 2.05) is 13.8 Å². The molecule has 1 unspecified atom stereocenters. The van der Waals surface area contributed by atoms with Crippen LogP contribution in [0.3, 0.4) is 0 Å². The van der Waals surface area contributed by atoms with E-state index in [0.29, 0.717) is 18.1 Å². The lowest BCUT2D eigenvalue weighted by atomic mass is 9.92. The van der Waals surface area contributed by atoms with Crippen LogP contribution in [0.2, 0.25) is 0 Å². The van der Waals surface area contributed by atoms with Crippen molar-refractivity contribution >= 4 is 5.91 Å². The van der Waals surface area contributed by atoms with Crippen LogP contribution in [0.15, 0.2) is 29.0 Å². The van der Waals surface area contributed by atoms with Gasteiger partial charge < -0.3 is 14.9 Å². The maximum absolute atomic E-state index is 11.8. The summed E-state index contributed by atoms with van der Waals surface area (Å²) in [5.74, 6) is 0.782. The van der Waals surface area contributed by atoms with Crippen molar-refractivity contribution in [1.82, 2.24) is 20.4 Å². The van der Waals surface area contributed by atoms with Gasteiger partial charge in [-0.3, -0.25) is 9.78 Å². The van der Waals surface area contributed by atoms with Crippen LogP contribution in [0.1, 0.15) is 33.1 Å². The third-order valence-electron chi connectivity index (χ3n) is 3.86. The van der Waals surface area contributed by atoms with Crippen molar-refractivity contribution in [2.45, 2.75) is 39.2 Å². The Hall–Kier alpha value is -2.28. The zero-order chi connectivity index (χ0) is 16.9. The van der Waals surface area contributed by atoms with Gasteiger partial charge in [0.15, 0.2) is 0 Å². The zero-order valence-corrected chi connectivity index (χ0v) is 13.6. The molecule has 2 N–H and O–H groups in total. The van der Waals surface area contributed by atoms with Crippen molar-refractivity contribution in [2.24, 2.45) is 5.92 Å². The minimum Gasteiger partial charge on any atom is -0.388 e. The normalized spacial score (nSPS) is 13.8. The van der Waals surface area contributed by atoms with E-state index < -0.39 is 5.60 Å². The zero-order valence-electron chi connectivity index (χ0n) is 13.6. The Kier molecular flexibility index (Phi) is 5.44. The number of carbonyl (C=O) groups excluding carboxylic acids is 1. The smallest absolute Gasteiger partial charge is 0.227 e. The summed E-state index contributed by atoms with van der Waals surface area (Å²) in [7, 11) is 0. The first-order chi connectivity index (χ1) is 10.9. The molecule has 7 nitrogen and oxygen atoms in total. The minimum atomic E-state index is -0.922. The van der Waals surface area contributed by atoms with Crippen molar-refractivity contribution in [1.29, 1.82) is 0 Å². The first-order valence-electron chi connectivity index (χ1n) is 7.60. The number of hydrogen-bond acceptors (Lipinski definition) is 6. The van der Waals surface area contributed by atoms with Crippen molar-refractivity contribution in [3.63, 3.8) is 0 Å². The van der Waals surface area contributed by atoms with Crippen LogP contribution in [0.25, 0.3) is 11.4 Å². The minimum absolute atomic E-state index is 0.0571. The van der Waals surface area contributed by atoms with Crippen LogP contribution in [0.5, 0.6) is 0 Å². The Labute approximate surface area is 135 Å². The molecule has 0 aromatic carbocycles. The summed E-state index contributed by atoms with van der Waals surface area (Å²) in [6.45, 7) is 5.74. The van der Waals surface area contributed by atoms with Crippen LogP contribution >= 0.6 is 0 Å². The molecule has 0 saturated heterocycles. The first-order valence-corrected chi connectivity index (χ1v) is 7.60. The van der Waals surface area contributed by atoms with Gasteiger partial charge in [0.1, 0.15) is 0 Å². The Balaban J connectivity index is 1.82. The number of aryl methyl sites for hydroxylation is 1. The molecule has 0 fully saturated rings. The summed E-state index contributed by atoms with van der Waals surface area (Å²) >= 11 is 0. The molecule has 1 amide bonds. The molecule has 2 aromatic heterocycles. The van der Waals surface area contributed by atoms with Crippen LogP contribution in [0, 0.1) is 5.92 Å². The molecule has 2 heterocycles. The maximum atomic E-state index is 11.8. The average molecular weight is 318 g/mol. The number of aromatic nitrogens is 3. The van der Waals surface area contributed by atoms with E-state index in [4.69, 9.17) is 4.52 Å². The van der Waals surface area contributed by atoms with Crippen molar-refractivity contribution in [3.05, 3.63) is 30.4 Å². The largest absolute Gasteiger partial charge is 0.388 e. The fraction of sp³-hybridized carbons (Fsp3) is 0.500. The number of amides is 1. The second-order valence-corrected chi connectivity index (χ2v) is 6.04. The molecule has 7 heteroatoms. The Bertz CT molecular complexity index is 638. The van der Waals surface area contributed by atoms with Crippen LogP contribution in [0.4, 0.5) is 0 Å². The van der Waals surface area contributed by atoms with E-state index in [2.05, 4.69) is 20.4 Å². The van der Waals surface area contributed by atoms with Gasteiger partial charge in [-0.05, 0) is 25.0 Å². The quantitative estimate of drug-likeness (QED) is 0.804. The summed E-state index contributed by atoms with van der Waals surface area (Å²) in [5, 5.41) is 16.7. The van der Waals surface area contributed by atoms with Crippen molar-refractivity contribution in [2.75, 3.05) is 6.54 Å². The molecular weight excluding hydrogens is 296 g/mol. The summed E-state index contributed by atoms with van der Waals surface area (Å²) in [6, 6.07) is 3.57. The van der Waals surface area contributed by atoms with Gasteiger partial charge in [-0.2, -0.15) is 4.98 Å². The predicted molar refractivity (Wildman–Crippen MR) is 84.3 cm³/mol. The summed E-state index contributed by atoms with van der Waals surface area (Å²) < 4.78 is 5.14. The highest BCUT2D eigenvalue weighted by atomic mass is 16.5. The molecular formula is C16H22N4O3. The number of pyridine rings is 1. The second kappa shape index (κ2) is 7.32. The summed E-state index contributed by atoms with van der Waals surface area (Å²) in [6.07, 6.45) is 3.89. The maximum Gasteiger partial charge on any atom is 0.227 e. The third-order valence-corrected chi connectivity index (χ3v) is 3.86. The van der Waals surface area contributed by atoms with E-state index in [-0.39, 0.29) is 24.8 Å². The topological polar surface area (TPSA) is 101 Å². The van der Waals surface area contributed by atoms with E-state index in [0.717, 1.165) is 5.56 Å². The molecule has 0 spiro atoms. The summed E-state index contributed by atoms with van der Waals surface area (Å²) in [5.41, 5.74) is -0.110. The van der Waals surface area contributed by atoms with E-state index in [1.54, 1.807) is 31.5 Å². The van der Waals surface area contributed by atoms with Gasteiger partial charge in [-0.15, -0.1) is 0 Å².